The zero-order valence-electron chi connectivity index (χ0n) is 56.7. The van der Waals surface area contributed by atoms with Crippen molar-refractivity contribution in [2.75, 3.05) is 26.8 Å². The Morgan fingerprint density at radius 1 is 0.526 bits per heavy atom. The summed E-state index contributed by atoms with van der Waals surface area (Å²) in [6, 6.07) is 14.9. The zero-order valence-corrected chi connectivity index (χ0v) is 65.7. The fourth-order valence-electron chi connectivity index (χ4n) is 8.76. The molecule has 3 aliphatic rings. The number of esters is 2. The first kappa shape index (κ1) is 108. The van der Waals surface area contributed by atoms with Gasteiger partial charge >= 0.3 is 89.3 Å². The molecule has 9 aromatic heterocycles. The van der Waals surface area contributed by atoms with Crippen LogP contribution >= 0.6 is 82.6 Å². The number of hydrogen-bond donors (Lipinski definition) is 2. The zero-order chi connectivity index (χ0) is 81.4. The minimum Gasteiger partial charge on any atom is -0.857 e. The number of nitrogen functional groups attached to an aromatic ring is 1. The van der Waals surface area contributed by atoms with Crippen LogP contribution in [0.5, 0.6) is 11.8 Å². The Balaban J connectivity index is 0.00000138. The van der Waals surface area contributed by atoms with Crippen molar-refractivity contribution in [1.82, 2.24) is 58.7 Å². The van der Waals surface area contributed by atoms with Crippen LogP contribution in [-0.4, -0.2) is 145 Å². The molecule has 114 heavy (non-hydrogen) atoms. The maximum absolute atomic E-state index is 14.5. The van der Waals surface area contributed by atoms with Crippen LogP contribution in [0.15, 0.2) is 111 Å². The molecular weight excluding hydrogens is 1850 g/mol. The van der Waals surface area contributed by atoms with Crippen molar-refractivity contribution < 1.29 is 156 Å². The maximum Gasteiger partial charge on any atom is 1.00 e. The number of halogens is 24. The molecule has 0 aromatic carbocycles. The number of hydrogen-bond acceptors (Lipinski definition) is 21. The number of methoxy groups -OCH3 is 2. The molecule has 2 aliphatic carbocycles. The summed E-state index contributed by atoms with van der Waals surface area (Å²) in [6.45, 7) is 7.38. The molecule has 3 N–H and O–H groups in total. The molecule has 0 radical (unpaired) electrons. The number of nitrogens with two attached hydrogens (primary N) is 1. The van der Waals surface area contributed by atoms with E-state index in [1.165, 1.54) is 41.3 Å². The summed E-state index contributed by atoms with van der Waals surface area (Å²) in [5.74, 6) is -4.90. The van der Waals surface area contributed by atoms with E-state index in [1.54, 1.807) is 36.5 Å². The minimum atomic E-state index is -4.65. The van der Waals surface area contributed by atoms with E-state index in [0.717, 1.165) is 52.9 Å². The number of anilines is 1. The number of nitrogens with one attached hydrogen (secondary N) is 1. The first-order chi connectivity index (χ1) is 49.8. The normalized spacial score (nSPS) is 14.9. The Kier molecular flexibility index (Phi) is 40.1. The number of nitrogens with zero attached hydrogens (tertiary/aromatic N) is 12. The molecule has 12 rings (SSSR count). The smallest absolute Gasteiger partial charge is 0.857 e. The van der Waals surface area contributed by atoms with Crippen molar-refractivity contribution in [3.05, 3.63) is 140 Å². The van der Waals surface area contributed by atoms with E-state index in [2.05, 4.69) is 136 Å². The van der Waals surface area contributed by atoms with Crippen molar-refractivity contribution in [1.29, 1.82) is 0 Å². The molecule has 1 aliphatic heterocycles. The number of rotatable bonds is 14. The number of aromatic nitrogens is 12. The summed E-state index contributed by atoms with van der Waals surface area (Å²) in [6.07, 6.45) is -8.53. The Bertz CT molecular complexity index is 4550. The van der Waals surface area contributed by atoms with Gasteiger partial charge in [0.1, 0.15) is 5.82 Å². The van der Waals surface area contributed by atoms with Gasteiger partial charge in [0.05, 0.1) is 11.2 Å². The molecule has 9 aromatic rings. The third-order valence-electron chi connectivity index (χ3n) is 15.4. The molecule has 2 saturated carbocycles. The Labute approximate surface area is 702 Å². The predicted molar refractivity (Wildman–Crippen MR) is 388 cm³/mol. The van der Waals surface area contributed by atoms with Crippen LogP contribution in [0.4, 0.5) is 84.8 Å². The number of carbonyl (C=O) groups excluding carboxylic acids is 2. The van der Waals surface area contributed by atoms with Crippen molar-refractivity contribution in [3.63, 3.8) is 0 Å². The molecule has 24 nitrogen and oxygen atoms in total. The molecule has 10 heterocycles. The van der Waals surface area contributed by atoms with E-state index >= 15 is 0 Å². The number of pyridine rings is 6. The van der Waals surface area contributed by atoms with Crippen LogP contribution in [0.2, 0.25) is 0 Å². The number of carbonyl (C=O) groups is 2. The third kappa shape index (κ3) is 26.6. The average molecular weight is 1920 g/mol. The SMILES string of the molecule is C.C.C.C.C.CC1(C)OB(c2cnc(OC3(C(F)(F)F)CCC3)c(F)c2)OC1(C)C.COC(F)(F)c1nnc2ccc(-c3cnc(OC4(C(F)(F)F)CCC4)c(F)c3)cn12.COC(F)(F)c1nnc2ccc(Br)cn12.C[O-].FC(F)(Cl)c1nnc2ccc(Br)cn12.NNc1ccc(Br)cn1.O=C(OC(=O)C(F)(F)Cl)C(F)(F)Cl.[Na+]. The van der Waals surface area contributed by atoms with Gasteiger partial charge in [-0.15, -0.1) is 30.6 Å². The van der Waals surface area contributed by atoms with Gasteiger partial charge in [0.2, 0.25) is 28.7 Å². The number of ether oxygens (including phenoxy) is 5. The summed E-state index contributed by atoms with van der Waals surface area (Å²) < 4.78 is 273. The van der Waals surface area contributed by atoms with Gasteiger partial charge in [0.15, 0.2) is 28.6 Å². The van der Waals surface area contributed by atoms with Crippen molar-refractivity contribution in [3.8, 4) is 22.9 Å². The van der Waals surface area contributed by atoms with Gasteiger partial charge in [-0.2, -0.15) is 77.4 Å². The molecule has 0 spiro atoms. The van der Waals surface area contributed by atoms with Gasteiger partial charge in [-0.05, 0) is 209 Å². The molecule has 50 heteroatoms. The van der Waals surface area contributed by atoms with Crippen LogP contribution in [-0.2, 0) is 50.7 Å². The molecular formula is C64H72BBr3Cl3F18N14NaO10. The van der Waals surface area contributed by atoms with Gasteiger partial charge in [-0.1, -0.05) is 37.1 Å². The van der Waals surface area contributed by atoms with Crippen molar-refractivity contribution in [2.45, 2.75) is 166 Å². The van der Waals surface area contributed by atoms with E-state index in [0.29, 0.717) is 38.9 Å². The summed E-state index contributed by atoms with van der Waals surface area (Å²) in [7, 11) is 1.62. The van der Waals surface area contributed by atoms with Gasteiger partial charge in [-0.25, -0.2) is 39.2 Å². The van der Waals surface area contributed by atoms with Crippen LogP contribution in [0.25, 0.3) is 28.1 Å². The largest absolute Gasteiger partial charge is 1.00 e. The second-order valence-corrected chi connectivity index (χ2v) is 27.2. The van der Waals surface area contributed by atoms with Gasteiger partial charge < -0.3 is 43.5 Å². The first-order valence-corrected chi connectivity index (χ1v) is 33.2. The van der Waals surface area contributed by atoms with Crippen LogP contribution < -0.4 is 60.9 Å². The standard InChI is InChI=1S/C18H14F6N4O2.C16H20BF4NO3.C8H6BrF2N3O.C7H3BrClF2N3.C5H6BrN3.C4Cl2F4O3.CH3O.5CH4.Na/c1-29-17(20,21)15-27-26-13-4-3-10(9-28(13)15)11-7-12(19)14(25-8-11)30-16(5-2-6-16)18(22,23)24;1-13(2)14(3,4)25-17(24-13)10-8-11(18)12(22-9-10)23-15(6-5-7-15)16(19,20)21;1-15-8(10,11)7-13-12-6-3-2-5(9)4-14(6)7;8-4-1-2-5-12-13-6(7(9,10)11)14(5)3-4;6-4-1-2-5(9-7)8-3-4;5-3(7,8)1(11)13-2(12)4(6,9)10;1-2;;;;;;/h3-4,7-9H,2,5-6H2,1H3;8-9H,5-7H2,1-4H3;2-4H,1H3;1-3H;1-3H,7H2,(H,8,9);;1H3;5*1H4;/q;;;;;;-1;;;;;;+1. The fraction of sp³-hybridized carbons (Fsp3) is 0.453. The Morgan fingerprint density at radius 3 is 1.23 bits per heavy atom. The molecule has 630 valence electrons. The van der Waals surface area contributed by atoms with E-state index in [-0.39, 0.29) is 115 Å². The van der Waals surface area contributed by atoms with Crippen LogP contribution in [0, 0.1) is 11.6 Å². The Hall–Kier alpha value is -6.28. The van der Waals surface area contributed by atoms with E-state index in [4.69, 9.17) is 41.3 Å². The van der Waals surface area contributed by atoms with E-state index < -0.39 is 123 Å². The number of hydrazine groups is 1. The minimum absolute atomic E-state index is 0. The summed E-state index contributed by atoms with van der Waals surface area (Å²) in [5.41, 5.74) is -2.16. The summed E-state index contributed by atoms with van der Waals surface area (Å²) >= 11 is 22.5. The molecule has 0 bridgehead atoms. The third-order valence-corrected chi connectivity index (χ3v) is 17.3. The fourth-order valence-corrected chi connectivity index (χ4v) is 9.87. The topological polar surface area (TPSA) is 289 Å². The van der Waals surface area contributed by atoms with E-state index in [1.807, 2.05) is 33.8 Å². The van der Waals surface area contributed by atoms with E-state index in [9.17, 15) is 88.6 Å². The van der Waals surface area contributed by atoms with Crippen LogP contribution in [0.1, 0.15) is 121 Å². The van der Waals surface area contributed by atoms with Crippen LogP contribution in [0.3, 0.4) is 0 Å². The maximum atomic E-state index is 14.5. The molecule has 1 saturated heterocycles. The number of alkyl halides is 19. The summed E-state index contributed by atoms with van der Waals surface area (Å²) in [4.78, 5) is 31.3. The molecule has 0 unspecified atom stereocenters. The van der Waals surface area contributed by atoms with Crippen molar-refractivity contribution in [2.24, 2.45) is 5.84 Å². The molecule has 3 fully saturated rings. The Morgan fingerprint density at radius 2 is 0.895 bits per heavy atom. The first-order valence-electron chi connectivity index (χ1n) is 29.7. The average Bonchev–Trinajstić information content (AvgIpc) is 0.799. The van der Waals surface area contributed by atoms with Crippen molar-refractivity contribution >= 4 is 130 Å². The monoisotopic (exact) mass is 1910 g/mol. The second kappa shape index (κ2) is 42.4. The molecule has 0 atom stereocenters. The van der Waals surface area contributed by atoms with Gasteiger partial charge in [-0.3, -0.25) is 13.2 Å². The predicted octanol–water partition coefficient (Wildman–Crippen LogP) is 14.9. The van der Waals surface area contributed by atoms with Gasteiger partial charge in [0, 0.05) is 81.4 Å². The molecule has 0 amide bonds. The van der Waals surface area contributed by atoms with Gasteiger partial charge in [0.25, 0.3) is 11.8 Å². The summed E-state index contributed by atoms with van der Waals surface area (Å²) in [5, 5.41) is 16.5. The number of fused-ring (bicyclic) bond motifs is 3. The quantitative estimate of drug-likeness (QED) is 0.0194. The second-order valence-electron chi connectivity index (χ2n) is 23.0.